The average Bonchev–Trinajstić information content (AvgIpc) is 2.94. The molecule has 1 atom stereocenters. The predicted octanol–water partition coefficient (Wildman–Crippen LogP) is 1.39. The number of nitro groups is 1. The van der Waals surface area contributed by atoms with Crippen molar-refractivity contribution >= 4 is 17.7 Å². The molecule has 0 aliphatic heterocycles. The Balaban J connectivity index is 2.21. The second kappa shape index (κ2) is 6.12. The van der Waals surface area contributed by atoms with Crippen molar-refractivity contribution in [1.82, 2.24) is 14.8 Å². The number of Topliss-reactive ketones (excluding diaryl/α,β-unsaturated/α-hetero) is 1. The van der Waals surface area contributed by atoms with Crippen LogP contribution in [0.5, 0.6) is 0 Å². The predicted molar refractivity (Wildman–Crippen MR) is 73.5 cm³/mol. The van der Waals surface area contributed by atoms with Gasteiger partial charge in [-0.05, 0) is 11.8 Å². The molecule has 0 unspecified atom stereocenters. The van der Waals surface area contributed by atoms with Crippen LogP contribution in [0.3, 0.4) is 0 Å². The summed E-state index contributed by atoms with van der Waals surface area (Å²) in [7, 11) is 0. The Hall–Kier alpha value is -3.10. The monoisotopic (exact) mass is 304 g/mol. The van der Waals surface area contributed by atoms with Gasteiger partial charge >= 0.3 is 11.9 Å². The number of carboxylic acids is 1. The van der Waals surface area contributed by atoms with Crippen molar-refractivity contribution in [1.29, 1.82) is 0 Å². The molecule has 0 bridgehead atoms. The number of ketones is 1. The summed E-state index contributed by atoms with van der Waals surface area (Å²) in [5, 5.41) is 23.2. The van der Waals surface area contributed by atoms with Gasteiger partial charge in [-0.15, -0.1) is 0 Å². The lowest BCUT2D eigenvalue weighted by Crippen LogP contribution is -2.23. The number of hydrogen-bond donors (Lipinski definition) is 1. The number of carbonyl (C=O) groups excluding carboxylic acids is 1. The van der Waals surface area contributed by atoms with Crippen LogP contribution in [-0.4, -0.2) is 36.5 Å². The van der Waals surface area contributed by atoms with E-state index in [0.717, 1.165) is 16.6 Å². The van der Waals surface area contributed by atoms with Crippen LogP contribution >= 0.6 is 0 Å². The number of benzene rings is 1. The Morgan fingerprint density at radius 1 is 1.36 bits per heavy atom. The van der Waals surface area contributed by atoms with E-state index < -0.39 is 28.7 Å². The van der Waals surface area contributed by atoms with Crippen molar-refractivity contribution < 1.29 is 19.6 Å². The zero-order valence-corrected chi connectivity index (χ0v) is 11.5. The van der Waals surface area contributed by atoms with Gasteiger partial charge in [0, 0.05) is 17.1 Å². The third-order valence-corrected chi connectivity index (χ3v) is 3.02. The molecule has 0 spiro atoms. The molecule has 9 heteroatoms. The van der Waals surface area contributed by atoms with Crippen molar-refractivity contribution in [2.24, 2.45) is 0 Å². The van der Waals surface area contributed by atoms with Gasteiger partial charge in [0.2, 0.25) is 6.33 Å². The van der Waals surface area contributed by atoms with Crippen LogP contribution in [0.1, 0.15) is 28.4 Å². The van der Waals surface area contributed by atoms with Crippen LogP contribution in [0.4, 0.5) is 5.95 Å². The van der Waals surface area contributed by atoms with Gasteiger partial charge in [-0.1, -0.05) is 34.8 Å². The first-order valence-electron chi connectivity index (χ1n) is 6.26. The Morgan fingerprint density at radius 3 is 2.50 bits per heavy atom. The number of nitrogens with zero attached hydrogens (tertiary/aromatic N) is 4. The van der Waals surface area contributed by atoms with E-state index >= 15 is 0 Å². The van der Waals surface area contributed by atoms with Crippen LogP contribution < -0.4 is 0 Å². The fourth-order valence-electron chi connectivity index (χ4n) is 1.83. The molecule has 0 amide bonds. The summed E-state index contributed by atoms with van der Waals surface area (Å²) in [6.07, 6.45) is 0.554. The molecule has 0 aliphatic rings. The lowest BCUT2D eigenvalue weighted by atomic mass is 10.0. The summed E-state index contributed by atoms with van der Waals surface area (Å²) in [6, 6.07) is 5.32. The van der Waals surface area contributed by atoms with Crippen LogP contribution in [0.25, 0.3) is 0 Å². The molecule has 0 saturated carbocycles. The quantitative estimate of drug-likeness (QED) is 0.485. The standard InChI is InChI=1S/C13H12N4O5/c1-8-2-4-9(5-3-8)11(18)6-10(12(19)20)16-7-14-13(15-16)17(21)22/h2-5,7,10H,6H2,1H3,(H,19,20)/t10-/m1/s1. The molecule has 0 aliphatic carbocycles. The molecule has 1 aromatic carbocycles. The summed E-state index contributed by atoms with van der Waals surface area (Å²) in [4.78, 5) is 36.5. The van der Waals surface area contributed by atoms with Gasteiger partial charge in [-0.3, -0.25) is 4.79 Å². The number of rotatable bonds is 6. The second-order valence-electron chi connectivity index (χ2n) is 4.63. The normalized spacial score (nSPS) is 11.9. The van der Waals surface area contributed by atoms with E-state index in [4.69, 9.17) is 0 Å². The highest BCUT2D eigenvalue weighted by Crippen LogP contribution is 2.17. The highest BCUT2D eigenvalue weighted by Gasteiger charge is 2.29. The highest BCUT2D eigenvalue weighted by molar-refractivity contribution is 5.98. The SMILES string of the molecule is Cc1ccc(C(=O)C[C@H](C(=O)O)n2cnc([N+](=O)[O-])n2)cc1. The van der Waals surface area contributed by atoms with E-state index in [0.29, 0.717) is 5.56 Å². The molecule has 1 N–H and O–H groups in total. The van der Waals surface area contributed by atoms with E-state index in [1.54, 1.807) is 24.3 Å². The Kier molecular flexibility index (Phi) is 4.25. The zero-order valence-electron chi connectivity index (χ0n) is 11.5. The maximum absolute atomic E-state index is 12.1. The average molecular weight is 304 g/mol. The van der Waals surface area contributed by atoms with E-state index in [9.17, 15) is 24.8 Å². The van der Waals surface area contributed by atoms with Crippen molar-refractivity contribution in [3.8, 4) is 0 Å². The molecular weight excluding hydrogens is 292 g/mol. The highest BCUT2D eigenvalue weighted by atomic mass is 16.6. The summed E-state index contributed by atoms with van der Waals surface area (Å²) in [6.45, 7) is 1.86. The van der Waals surface area contributed by atoms with Crippen LogP contribution in [0.2, 0.25) is 0 Å². The summed E-state index contributed by atoms with van der Waals surface area (Å²) in [5.74, 6) is -2.43. The van der Waals surface area contributed by atoms with Gasteiger partial charge in [-0.2, -0.15) is 4.68 Å². The van der Waals surface area contributed by atoms with E-state index in [1.807, 2.05) is 6.92 Å². The van der Waals surface area contributed by atoms with Gasteiger partial charge < -0.3 is 15.2 Å². The molecule has 2 aromatic rings. The molecule has 2 rings (SSSR count). The first-order chi connectivity index (χ1) is 10.4. The first-order valence-corrected chi connectivity index (χ1v) is 6.26. The van der Waals surface area contributed by atoms with Gasteiger partial charge in [0.05, 0.1) is 0 Å². The number of aliphatic carboxylic acids is 1. The number of aromatic nitrogens is 3. The second-order valence-corrected chi connectivity index (χ2v) is 4.63. The molecule has 22 heavy (non-hydrogen) atoms. The minimum absolute atomic E-state index is 0.367. The maximum atomic E-state index is 12.1. The third kappa shape index (κ3) is 3.32. The largest absolute Gasteiger partial charge is 0.490 e. The Morgan fingerprint density at radius 2 is 2.00 bits per heavy atom. The van der Waals surface area contributed by atoms with Crippen molar-refractivity contribution in [2.45, 2.75) is 19.4 Å². The van der Waals surface area contributed by atoms with Crippen molar-refractivity contribution in [3.63, 3.8) is 0 Å². The van der Waals surface area contributed by atoms with Gasteiger partial charge in [-0.25, -0.2) is 4.79 Å². The van der Waals surface area contributed by atoms with Gasteiger partial charge in [0.15, 0.2) is 11.8 Å². The van der Waals surface area contributed by atoms with Crippen LogP contribution in [-0.2, 0) is 4.79 Å². The van der Waals surface area contributed by atoms with E-state index in [2.05, 4.69) is 10.1 Å². The fraction of sp³-hybridized carbons (Fsp3) is 0.231. The van der Waals surface area contributed by atoms with Gasteiger partial charge in [0.1, 0.15) is 0 Å². The summed E-state index contributed by atoms with van der Waals surface area (Å²) < 4.78 is 0.812. The number of hydrogen-bond acceptors (Lipinski definition) is 6. The molecule has 9 nitrogen and oxygen atoms in total. The molecule has 1 aromatic heterocycles. The number of carboxylic acid groups (broad SMARTS) is 1. The summed E-state index contributed by atoms with van der Waals surface area (Å²) >= 11 is 0. The topological polar surface area (TPSA) is 128 Å². The first kappa shape index (κ1) is 15.3. The smallest absolute Gasteiger partial charge is 0.480 e. The summed E-state index contributed by atoms with van der Waals surface area (Å²) in [5.41, 5.74) is 1.34. The molecular formula is C13H12N4O5. The fourth-order valence-corrected chi connectivity index (χ4v) is 1.83. The maximum Gasteiger partial charge on any atom is 0.490 e. The Bertz CT molecular complexity index is 722. The minimum Gasteiger partial charge on any atom is -0.480 e. The molecule has 0 fully saturated rings. The molecule has 114 valence electrons. The van der Waals surface area contributed by atoms with Crippen molar-refractivity contribution in [2.75, 3.05) is 0 Å². The third-order valence-electron chi connectivity index (χ3n) is 3.02. The molecule has 0 radical (unpaired) electrons. The molecule has 1 heterocycles. The lowest BCUT2D eigenvalue weighted by molar-refractivity contribution is -0.394. The lowest BCUT2D eigenvalue weighted by Gasteiger charge is -2.09. The zero-order chi connectivity index (χ0) is 16.3. The minimum atomic E-state index is -1.35. The van der Waals surface area contributed by atoms with E-state index in [1.165, 1.54) is 0 Å². The van der Waals surface area contributed by atoms with Crippen LogP contribution in [0.15, 0.2) is 30.6 Å². The van der Waals surface area contributed by atoms with Gasteiger partial charge in [0.25, 0.3) is 0 Å². The molecule has 0 saturated heterocycles. The van der Waals surface area contributed by atoms with E-state index in [-0.39, 0.29) is 6.42 Å². The Labute approximate surface area is 124 Å². The van der Waals surface area contributed by atoms with Crippen molar-refractivity contribution in [3.05, 3.63) is 51.8 Å². The van der Waals surface area contributed by atoms with Crippen LogP contribution in [0, 0.1) is 17.0 Å². The number of carbonyl (C=O) groups is 2. The number of aryl methyl sites for hydroxylation is 1.